The summed E-state index contributed by atoms with van der Waals surface area (Å²) in [7, 11) is 0. The molecule has 4 aromatic rings. The molecule has 0 saturated carbocycles. The van der Waals surface area contributed by atoms with Gasteiger partial charge in [0.05, 0.1) is 17.3 Å². The monoisotopic (exact) mass is 505 g/mol. The van der Waals surface area contributed by atoms with Gasteiger partial charge in [0, 0.05) is 30.9 Å². The van der Waals surface area contributed by atoms with E-state index in [4.69, 9.17) is 0 Å². The van der Waals surface area contributed by atoms with Gasteiger partial charge in [-0.2, -0.15) is 0 Å². The molecule has 0 unspecified atom stereocenters. The molecule has 10 heteroatoms. The van der Waals surface area contributed by atoms with E-state index in [-0.39, 0.29) is 34.7 Å². The number of aromatic nitrogens is 5. The van der Waals surface area contributed by atoms with Crippen molar-refractivity contribution in [2.45, 2.75) is 40.7 Å². The number of rotatable bonds is 6. The van der Waals surface area contributed by atoms with Crippen LogP contribution in [0.15, 0.2) is 36.7 Å². The Morgan fingerprint density at radius 1 is 1.03 bits per heavy atom. The molecule has 8 nitrogen and oxygen atoms in total. The van der Waals surface area contributed by atoms with Crippen molar-refractivity contribution in [1.82, 2.24) is 29.4 Å². The lowest BCUT2D eigenvalue weighted by Gasteiger charge is -2.41. The second-order valence-electron chi connectivity index (χ2n) is 10.1. The van der Waals surface area contributed by atoms with Crippen LogP contribution in [-0.2, 0) is 0 Å². The Labute approximate surface area is 213 Å². The van der Waals surface area contributed by atoms with Crippen LogP contribution in [0.1, 0.15) is 49.9 Å². The largest absolute Gasteiger partial charge is 0.338 e. The summed E-state index contributed by atoms with van der Waals surface area (Å²) in [6.07, 6.45) is 2.53. The molecule has 1 saturated heterocycles. The van der Waals surface area contributed by atoms with E-state index < -0.39 is 11.6 Å². The number of halogens is 2. The van der Waals surface area contributed by atoms with Gasteiger partial charge in [-0.25, -0.2) is 28.7 Å². The summed E-state index contributed by atoms with van der Waals surface area (Å²) >= 11 is 0. The molecule has 1 amide bonds. The average molecular weight is 506 g/mol. The lowest BCUT2D eigenvalue weighted by molar-refractivity contribution is 0.0407. The number of hydrogen-bond donors (Lipinski definition) is 1. The van der Waals surface area contributed by atoms with Crippen LogP contribution >= 0.6 is 0 Å². The number of fused-ring (bicyclic) bond motifs is 1. The minimum Gasteiger partial charge on any atom is -0.338 e. The first kappa shape index (κ1) is 24.7. The zero-order chi connectivity index (χ0) is 26.4. The molecule has 0 radical (unpaired) electrons. The molecule has 0 bridgehead atoms. The number of imidazole rings is 1. The molecule has 5 rings (SSSR count). The zero-order valence-electron chi connectivity index (χ0n) is 21.5. The van der Waals surface area contributed by atoms with Crippen LogP contribution in [0.2, 0.25) is 0 Å². The number of anilines is 2. The van der Waals surface area contributed by atoms with Gasteiger partial charge in [-0.15, -0.1) is 0 Å². The number of hydrogen-bond acceptors (Lipinski definition) is 6. The van der Waals surface area contributed by atoms with Crippen molar-refractivity contribution in [1.29, 1.82) is 0 Å². The molecule has 3 aromatic heterocycles. The first-order valence-corrected chi connectivity index (χ1v) is 12.4. The Bertz CT molecular complexity index is 1470. The number of carbonyl (C=O) groups is 1. The van der Waals surface area contributed by atoms with Crippen LogP contribution in [-0.4, -0.2) is 48.4 Å². The number of nitrogens with one attached hydrogen (secondary N) is 1. The van der Waals surface area contributed by atoms with E-state index in [1.165, 1.54) is 12.3 Å². The van der Waals surface area contributed by atoms with Crippen molar-refractivity contribution >= 4 is 28.7 Å². The molecule has 4 heterocycles. The fourth-order valence-corrected chi connectivity index (χ4v) is 4.68. The Balaban J connectivity index is 1.38. The SMILES string of the molecule is Cc1nc2c(F)cc(-c3nc(Nc4ccc(C(=O)N5CC(C(C)C)C5)cn4)ncc3F)cc2n1C(C)C. The summed E-state index contributed by atoms with van der Waals surface area (Å²) in [4.78, 5) is 31.4. The number of benzene rings is 1. The molecule has 1 fully saturated rings. The Kier molecular flexibility index (Phi) is 6.35. The van der Waals surface area contributed by atoms with Crippen molar-refractivity contribution in [3.8, 4) is 11.3 Å². The standard InChI is InChI=1S/C27H29F2N7O/c1-14(2)19-12-35(13-19)26(37)17-6-7-23(30-10-17)33-27-31-11-21(29)24(34-27)18-8-20(28)25-22(9-18)36(15(3)4)16(5)32-25/h6-11,14-15,19H,12-13H2,1-5H3,(H,30,31,33,34). The van der Waals surface area contributed by atoms with Gasteiger partial charge in [-0.3, -0.25) is 4.79 Å². The number of nitrogens with zero attached hydrogens (tertiary/aromatic N) is 6. The number of likely N-dealkylation sites (tertiary alicyclic amines) is 1. The first-order chi connectivity index (χ1) is 17.6. The maximum atomic E-state index is 14.9. The molecule has 37 heavy (non-hydrogen) atoms. The molecule has 1 aliphatic rings. The first-order valence-electron chi connectivity index (χ1n) is 12.4. The Morgan fingerprint density at radius 2 is 1.78 bits per heavy atom. The fourth-order valence-electron chi connectivity index (χ4n) is 4.68. The van der Waals surface area contributed by atoms with E-state index in [0.29, 0.717) is 34.6 Å². The summed E-state index contributed by atoms with van der Waals surface area (Å²) in [6, 6.07) is 6.29. The van der Waals surface area contributed by atoms with Crippen molar-refractivity contribution < 1.29 is 13.6 Å². The van der Waals surface area contributed by atoms with E-state index in [1.807, 2.05) is 30.2 Å². The highest BCUT2D eigenvalue weighted by Crippen LogP contribution is 2.30. The molecule has 1 aliphatic heterocycles. The second kappa shape index (κ2) is 9.49. The molecule has 1 aromatic carbocycles. The summed E-state index contributed by atoms with van der Waals surface area (Å²) in [5.74, 6) is 0.970. The maximum absolute atomic E-state index is 14.9. The number of pyridine rings is 1. The predicted molar refractivity (Wildman–Crippen MR) is 138 cm³/mol. The van der Waals surface area contributed by atoms with Crippen molar-refractivity contribution in [2.75, 3.05) is 18.4 Å². The van der Waals surface area contributed by atoms with E-state index in [9.17, 15) is 13.6 Å². The van der Waals surface area contributed by atoms with Gasteiger partial charge in [0.25, 0.3) is 5.91 Å². The third-order valence-electron chi connectivity index (χ3n) is 6.85. The van der Waals surface area contributed by atoms with Gasteiger partial charge in [0.15, 0.2) is 11.6 Å². The summed E-state index contributed by atoms with van der Waals surface area (Å²) in [6.45, 7) is 11.6. The van der Waals surface area contributed by atoms with Crippen LogP contribution in [0.3, 0.4) is 0 Å². The van der Waals surface area contributed by atoms with E-state index in [2.05, 4.69) is 39.1 Å². The van der Waals surface area contributed by atoms with Crippen LogP contribution in [0, 0.1) is 30.4 Å². The zero-order valence-corrected chi connectivity index (χ0v) is 21.5. The molecular formula is C27H29F2N7O. The molecular weight excluding hydrogens is 476 g/mol. The number of aryl methyl sites for hydroxylation is 1. The Hall–Kier alpha value is -3.95. The van der Waals surface area contributed by atoms with Crippen molar-refractivity contribution in [3.63, 3.8) is 0 Å². The lowest BCUT2D eigenvalue weighted by atomic mass is 9.88. The van der Waals surface area contributed by atoms with Crippen LogP contribution in [0.4, 0.5) is 20.5 Å². The normalized spacial score (nSPS) is 14.0. The quantitative estimate of drug-likeness (QED) is 0.371. The van der Waals surface area contributed by atoms with Gasteiger partial charge in [0.1, 0.15) is 22.9 Å². The molecule has 0 spiro atoms. The van der Waals surface area contributed by atoms with E-state index in [0.717, 1.165) is 19.3 Å². The Morgan fingerprint density at radius 3 is 2.43 bits per heavy atom. The lowest BCUT2D eigenvalue weighted by Crippen LogP contribution is -2.51. The highest BCUT2D eigenvalue weighted by Gasteiger charge is 2.33. The van der Waals surface area contributed by atoms with E-state index >= 15 is 0 Å². The topological polar surface area (TPSA) is 88.8 Å². The highest BCUT2D eigenvalue weighted by molar-refractivity contribution is 5.94. The van der Waals surface area contributed by atoms with Crippen molar-refractivity contribution in [3.05, 3.63) is 59.7 Å². The number of amides is 1. The van der Waals surface area contributed by atoms with E-state index in [1.54, 1.807) is 18.2 Å². The van der Waals surface area contributed by atoms with Crippen LogP contribution in [0.25, 0.3) is 22.3 Å². The average Bonchev–Trinajstić information content (AvgIpc) is 3.16. The predicted octanol–water partition coefficient (Wildman–Crippen LogP) is 5.53. The van der Waals surface area contributed by atoms with Gasteiger partial charge in [-0.1, -0.05) is 13.8 Å². The number of carbonyl (C=O) groups excluding carboxylic acids is 1. The third-order valence-corrected chi connectivity index (χ3v) is 6.85. The molecule has 0 atom stereocenters. The summed E-state index contributed by atoms with van der Waals surface area (Å²) < 4.78 is 31.6. The second-order valence-corrected chi connectivity index (χ2v) is 10.1. The minimum absolute atomic E-state index is 0.0447. The van der Waals surface area contributed by atoms with Crippen LogP contribution < -0.4 is 5.32 Å². The minimum atomic E-state index is -0.681. The smallest absolute Gasteiger partial charge is 0.255 e. The van der Waals surface area contributed by atoms with Gasteiger partial charge in [0.2, 0.25) is 5.95 Å². The molecule has 1 N–H and O–H groups in total. The fraction of sp³-hybridized carbons (Fsp3) is 0.370. The molecule has 192 valence electrons. The van der Waals surface area contributed by atoms with Crippen LogP contribution in [0.5, 0.6) is 0 Å². The van der Waals surface area contributed by atoms with Gasteiger partial charge in [-0.05, 0) is 56.9 Å². The van der Waals surface area contributed by atoms with Gasteiger partial charge >= 0.3 is 0 Å². The third kappa shape index (κ3) is 4.63. The summed E-state index contributed by atoms with van der Waals surface area (Å²) in [5.41, 5.74) is 1.53. The van der Waals surface area contributed by atoms with Crippen molar-refractivity contribution in [2.24, 2.45) is 11.8 Å². The summed E-state index contributed by atoms with van der Waals surface area (Å²) in [5, 5.41) is 2.94. The van der Waals surface area contributed by atoms with Gasteiger partial charge < -0.3 is 14.8 Å². The molecule has 0 aliphatic carbocycles. The highest BCUT2D eigenvalue weighted by atomic mass is 19.1. The maximum Gasteiger partial charge on any atom is 0.255 e.